The van der Waals surface area contributed by atoms with E-state index in [0.29, 0.717) is 16.8 Å². The minimum atomic E-state index is -0.115. The van der Waals surface area contributed by atoms with E-state index in [9.17, 15) is 4.79 Å². The van der Waals surface area contributed by atoms with Crippen LogP contribution in [0.5, 0.6) is 0 Å². The Balaban J connectivity index is 1.69. The Bertz CT molecular complexity index is 876. The Hall–Kier alpha value is -2.68. The number of anilines is 1. The number of carbonyl (C=O) groups is 1. The Morgan fingerprint density at radius 1 is 1.38 bits per heavy atom. The number of benzene rings is 1. The van der Waals surface area contributed by atoms with Crippen LogP contribution in [-0.4, -0.2) is 30.8 Å². The standard InChI is InChI=1S/C17H20N6O2S/c1-3-4-8-15-20-16(25-22-15)10-26-17-21-18-11-23(17)14-7-5-6-13(9-14)19-12(2)24/h5-7,9,11H,3-4,8,10H2,1-2H3,(H,19,24). The second kappa shape index (κ2) is 8.61. The van der Waals surface area contributed by atoms with Crippen molar-refractivity contribution in [2.75, 3.05) is 5.32 Å². The lowest BCUT2D eigenvalue weighted by Crippen LogP contribution is -2.06. The van der Waals surface area contributed by atoms with Gasteiger partial charge in [0.15, 0.2) is 11.0 Å². The van der Waals surface area contributed by atoms with Crippen molar-refractivity contribution in [3.8, 4) is 5.69 Å². The Labute approximate surface area is 155 Å². The molecule has 8 nitrogen and oxygen atoms in total. The molecule has 26 heavy (non-hydrogen) atoms. The molecule has 0 unspecified atom stereocenters. The predicted octanol–water partition coefficient (Wildman–Crippen LogP) is 3.24. The third-order valence-corrected chi connectivity index (χ3v) is 4.48. The maximum atomic E-state index is 11.2. The summed E-state index contributed by atoms with van der Waals surface area (Å²) in [4.78, 5) is 15.6. The van der Waals surface area contributed by atoms with Gasteiger partial charge in [-0.1, -0.05) is 36.3 Å². The molecule has 2 heterocycles. The molecule has 3 rings (SSSR count). The summed E-state index contributed by atoms with van der Waals surface area (Å²) in [5.74, 6) is 1.72. The molecule has 0 aliphatic heterocycles. The molecule has 136 valence electrons. The summed E-state index contributed by atoms with van der Waals surface area (Å²) in [7, 11) is 0. The zero-order chi connectivity index (χ0) is 18.4. The molecule has 0 radical (unpaired) electrons. The smallest absolute Gasteiger partial charge is 0.237 e. The average molecular weight is 372 g/mol. The largest absolute Gasteiger partial charge is 0.338 e. The van der Waals surface area contributed by atoms with Crippen molar-refractivity contribution in [2.45, 2.75) is 44.0 Å². The number of nitrogens with one attached hydrogen (secondary N) is 1. The molecule has 0 spiro atoms. The third-order valence-electron chi connectivity index (χ3n) is 3.55. The lowest BCUT2D eigenvalue weighted by Gasteiger charge is -2.08. The van der Waals surface area contributed by atoms with Gasteiger partial charge in [0.1, 0.15) is 6.33 Å². The summed E-state index contributed by atoms with van der Waals surface area (Å²) in [5, 5.41) is 15.6. The van der Waals surface area contributed by atoms with Crippen LogP contribution in [0, 0.1) is 0 Å². The number of carbonyl (C=O) groups excluding carboxylic acids is 1. The Morgan fingerprint density at radius 3 is 3.08 bits per heavy atom. The van der Waals surface area contributed by atoms with Gasteiger partial charge in [-0.25, -0.2) is 0 Å². The van der Waals surface area contributed by atoms with E-state index in [1.165, 1.54) is 18.7 Å². The molecule has 0 saturated heterocycles. The second-order valence-corrected chi connectivity index (χ2v) is 6.65. The fourth-order valence-electron chi connectivity index (χ4n) is 2.35. The highest BCUT2D eigenvalue weighted by molar-refractivity contribution is 7.98. The SMILES string of the molecule is CCCCc1noc(CSc2nncn2-c2cccc(NC(C)=O)c2)n1. The van der Waals surface area contributed by atoms with Gasteiger partial charge in [0.2, 0.25) is 11.8 Å². The fraction of sp³-hybridized carbons (Fsp3) is 0.353. The van der Waals surface area contributed by atoms with Crippen LogP contribution in [0.4, 0.5) is 5.69 Å². The van der Waals surface area contributed by atoms with Crippen LogP contribution in [0.15, 0.2) is 40.3 Å². The van der Waals surface area contributed by atoms with Crippen LogP contribution >= 0.6 is 11.8 Å². The van der Waals surface area contributed by atoms with E-state index in [4.69, 9.17) is 4.52 Å². The van der Waals surface area contributed by atoms with Crippen molar-refractivity contribution in [3.05, 3.63) is 42.3 Å². The van der Waals surface area contributed by atoms with E-state index < -0.39 is 0 Å². The lowest BCUT2D eigenvalue weighted by atomic mass is 10.2. The number of aryl methyl sites for hydroxylation is 1. The lowest BCUT2D eigenvalue weighted by molar-refractivity contribution is -0.114. The van der Waals surface area contributed by atoms with Gasteiger partial charge in [0, 0.05) is 19.0 Å². The van der Waals surface area contributed by atoms with Gasteiger partial charge in [-0.3, -0.25) is 9.36 Å². The van der Waals surface area contributed by atoms with Gasteiger partial charge in [0.05, 0.1) is 11.4 Å². The number of amides is 1. The van der Waals surface area contributed by atoms with E-state index in [1.54, 1.807) is 6.33 Å². The molecule has 0 bridgehead atoms. The summed E-state index contributed by atoms with van der Waals surface area (Å²) in [6, 6.07) is 7.49. The molecule has 1 aromatic carbocycles. The van der Waals surface area contributed by atoms with Crippen molar-refractivity contribution in [3.63, 3.8) is 0 Å². The number of hydrogen-bond donors (Lipinski definition) is 1. The molecule has 0 atom stereocenters. The highest BCUT2D eigenvalue weighted by Crippen LogP contribution is 2.24. The zero-order valence-electron chi connectivity index (χ0n) is 14.7. The molecule has 9 heteroatoms. The van der Waals surface area contributed by atoms with Crippen molar-refractivity contribution in [1.82, 2.24) is 24.9 Å². The number of thioether (sulfide) groups is 1. The van der Waals surface area contributed by atoms with Crippen LogP contribution in [0.2, 0.25) is 0 Å². The van der Waals surface area contributed by atoms with Crippen molar-refractivity contribution < 1.29 is 9.32 Å². The predicted molar refractivity (Wildman–Crippen MR) is 98.1 cm³/mol. The van der Waals surface area contributed by atoms with Gasteiger partial charge in [-0.2, -0.15) is 4.98 Å². The first-order chi connectivity index (χ1) is 12.7. The maximum Gasteiger partial charge on any atom is 0.237 e. The molecule has 2 aromatic heterocycles. The molecule has 0 aliphatic rings. The van der Waals surface area contributed by atoms with Gasteiger partial charge >= 0.3 is 0 Å². The average Bonchev–Trinajstić information content (AvgIpc) is 3.27. The number of unbranched alkanes of at least 4 members (excludes halogenated alkanes) is 1. The molecule has 1 N–H and O–H groups in total. The summed E-state index contributed by atoms with van der Waals surface area (Å²) < 4.78 is 7.13. The van der Waals surface area contributed by atoms with Gasteiger partial charge < -0.3 is 9.84 Å². The van der Waals surface area contributed by atoms with Crippen molar-refractivity contribution in [2.24, 2.45) is 0 Å². The van der Waals surface area contributed by atoms with Crippen LogP contribution < -0.4 is 5.32 Å². The summed E-state index contributed by atoms with van der Waals surface area (Å²) in [6.07, 6.45) is 4.61. The molecular weight excluding hydrogens is 352 g/mol. The molecule has 1 amide bonds. The Morgan fingerprint density at radius 2 is 2.27 bits per heavy atom. The highest BCUT2D eigenvalue weighted by atomic mass is 32.2. The molecule has 0 aliphatic carbocycles. The quantitative estimate of drug-likeness (QED) is 0.606. The summed E-state index contributed by atoms with van der Waals surface area (Å²) in [5.41, 5.74) is 1.58. The normalized spacial score (nSPS) is 10.8. The topological polar surface area (TPSA) is 98.7 Å². The minimum Gasteiger partial charge on any atom is -0.338 e. The molecule has 3 aromatic rings. The number of aromatic nitrogens is 5. The highest BCUT2D eigenvalue weighted by Gasteiger charge is 2.12. The van der Waals surface area contributed by atoms with E-state index in [2.05, 4.69) is 32.6 Å². The van der Waals surface area contributed by atoms with Gasteiger partial charge in [-0.05, 0) is 24.6 Å². The maximum absolute atomic E-state index is 11.2. The van der Waals surface area contributed by atoms with E-state index in [0.717, 1.165) is 36.5 Å². The monoisotopic (exact) mass is 372 g/mol. The van der Waals surface area contributed by atoms with Crippen molar-refractivity contribution in [1.29, 1.82) is 0 Å². The van der Waals surface area contributed by atoms with Gasteiger partial charge in [0.25, 0.3) is 0 Å². The van der Waals surface area contributed by atoms with Gasteiger partial charge in [-0.15, -0.1) is 10.2 Å². The second-order valence-electron chi connectivity index (χ2n) is 5.71. The molecular formula is C17H20N6O2S. The number of rotatable bonds is 8. The summed E-state index contributed by atoms with van der Waals surface area (Å²) >= 11 is 1.46. The number of hydrogen-bond acceptors (Lipinski definition) is 7. The van der Waals surface area contributed by atoms with Crippen LogP contribution in [0.3, 0.4) is 0 Å². The zero-order valence-corrected chi connectivity index (χ0v) is 15.5. The minimum absolute atomic E-state index is 0.115. The van der Waals surface area contributed by atoms with Crippen LogP contribution in [0.1, 0.15) is 38.4 Å². The van der Waals surface area contributed by atoms with Crippen LogP contribution in [-0.2, 0) is 17.0 Å². The van der Waals surface area contributed by atoms with E-state index >= 15 is 0 Å². The number of nitrogens with zero attached hydrogens (tertiary/aromatic N) is 5. The van der Waals surface area contributed by atoms with Crippen molar-refractivity contribution >= 4 is 23.4 Å². The summed E-state index contributed by atoms with van der Waals surface area (Å²) in [6.45, 7) is 3.61. The van der Waals surface area contributed by atoms with Crippen LogP contribution in [0.25, 0.3) is 5.69 Å². The third kappa shape index (κ3) is 4.69. The first-order valence-corrected chi connectivity index (χ1v) is 9.36. The van der Waals surface area contributed by atoms with E-state index in [1.807, 2.05) is 28.8 Å². The molecule has 0 saturated carbocycles. The first kappa shape index (κ1) is 18.1. The first-order valence-electron chi connectivity index (χ1n) is 8.38. The van der Waals surface area contributed by atoms with E-state index in [-0.39, 0.29) is 5.91 Å². The Kier molecular flexibility index (Phi) is 6.00. The fourth-order valence-corrected chi connectivity index (χ4v) is 3.11. The molecule has 0 fully saturated rings.